The molecule has 2 aromatic carbocycles. The van der Waals surface area contributed by atoms with Crippen LogP contribution in [0.3, 0.4) is 0 Å². The second-order valence-electron chi connectivity index (χ2n) is 6.39. The molecule has 0 aliphatic heterocycles. The van der Waals surface area contributed by atoms with E-state index in [1.807, 2.05) is 53.1 Å². The van der Waals surface area contributed by atoms with Crippen LogP contribution in [0.4, 0.5) is 0 Å². The number of hydrogen-bond acceptors (Lipinski definition) is 5. The Balaban J connectivity index is 1.87. The number of aliphatic hydroxyl groups is 1. The van der Waals surface area contributed by atoms with Gasteiger partial charge in [0.25, 0.3) is 0 Å². The van der Waals surface area contributed by atoms with Crippen LogP contribution in [0.25, 0.3) is 5.69 Å². The molecule has 0 radical (unpaired) electrons. The van der Waals surface area contributed by atoms with Crippen LogP contribution in [0.2, 0.25) is 5.02 Å². The van der Waals surface area contributed by atoms with Crippen molar-refractivity contribution in [2.24, 2.45) is 0 Å². The normalized spacial score (nSPS) is 11.5. The first-order valence-corrected chi connectivity index (χ1v) is 9.52. The summed E-state index contributed by atoms with van der Waals surface area (Å²) in [5, 5.41) is 19.8. The minimum absolute atomic E-state index is 0.231. The Morgan fingerprint density at radius 1 is 1.08 bits per heavy atom. The third kappa shape index (κ3) is 4.78. The monoisotopic (exact) mass is 389 g/mol. The number of ether oxygens (including phenoxy) is 1. The molecule has 0 fully saturated rings. The molecule has 0 atom stereocenters. The topological polar surface area (TPSA) is 60.2 Å². The lowest BCUT2D eigenvalue weighted by molar-refractivity contribution is 0.107. The van der Waals surface area contributed by atoms with E-state index in [0.29, 0.717) is 27.5 Å². The summed E-state index contributed by atoms with van der Waals surface area (Å²) in [6.07, 6.45) is 0. The molecule has 0 unspecified atom stereocenters. The molecule has 0 aliphatic carbocycles. The fourth-order valence-electron chi connectivity index (χ4n) is 2.27. The number of para-hydroxylation sites is 2. The summed E-state index contributed by atoms with van der Waals surface area (Å²) in [7, 11) is 0. The Morgan fingerprint density at radius 3 is 2.46 bits per heavy atom. The Bertz CT molecular complexity index is 863. The molecule has 7 heteroatoms. The standard InChI is InChI=1S/C19H20ClN3O2S/c1-19(2,24)13-26-18-22-21-17(23(18)14-8-4-3-5-9-14)12-25-16-11-7-6-10-15(16)20/h3-11,24H,12-13H2,1-2H3. The van der Waals surface area contributed by atoms with Crippen molar-refractivity contribution in [3.63, 3.8) is 0 Å². The van der Waals surface area contributed by atoms with Gasteiger partial charge in [0.1, 0.15) is 12.4 Å². The molecule has 0 spiro atoms. The van der Waals surface area contributed by atoms with Gasteiger partial charge in [-0.05, 0) is 38.1 Å². The highest BCUT2D eigenvalue weighted by molar-refractivity contribution is 7.99. The first-order chi connectivity index (χ1) is 12.4. The zero-order valence-corrected chi connectivity index (χ0v) is 16.2. The molecular formula is C19H20ClN3O2S. The van der Waals surface area contributed by atoms with Gasteiger partial charge in [-0.1, -0.05) is 53.7 Å². The van der Waals surface area contributed by atoms with Crippen LogP contribution in [-0.4, -0.2) is 31.2 Å². The first kappa shape index (κ1) is 18.8. The summed E-state index contributed by atoms with van der Waals surface area (Å²) in [6.45, 7) is 3.77. The number of halogens is 1. The average Bonchev–Trinajstić information content (AvgIpc) is 3.02. The highest BCUT2D eigenvalue weighted by Crippen LogP contribution is 2.27. The van der Waals surface area contributed by atoms with E-state index in [9.17, 15) is 5.11 Å². The van der Waals surface area contributed by atoms with Crippen molar-refractivity contribution in [3.8, 4) is 11.4 Å². The Morgan fingerprint density at radius 2 is 1.77 bits per heavy atom. The second-order valence-corrected chi connectivity index (χ2v) is 7.74. The van der Waals surface area contributed by atoms with Gasteiger partial charge >= 0.3 is 0 Å². The van der Waals surface area contributed by atoms with Gasteiger partial charge in [-0.2, -0.15) is 0 Å². The van der Waals surface area contributed by atoms with Crippen molar-refractivity contribution in [2.45, 2.75) is 31.2 Å². The minimum atomic E-state index is -0.799. The lowest BCUT2D eigenvalue weighted by Gasteiger charge is -2.16. The molecule has 5 nitrogen and oxygen atoms in total. The smallest absolute Gasteiger partial charge is 0.196 e. The maximum absolute atomic E-state index is 10.0. The third-order valence-electron chi connectivity index (χ3n) is 3.46. The van der Waals surface area contributed by atoms with Gasteiger partial charge in [0.15, 0.2) is 11.0 Å². The molecule has 0 saturated heterocycles. The van der Waals surface area contributed by atoms with Gasteiger partial charge < -0.3 is 9.84 Å². The SMILES string of the molecule is CC(C)(O)CSc1nnc(COc2ccccc2Cl)n1-c1ccccc1. The van der Waals surface area contributed by atoms with Gasteiger partial charge in [0, 0.05) is 11.4 Å². The van der Waals surface area contributed by atoms with Crippen LogP contribution in [0.5, 0.6) is 5.75 Å². The van der Waals surface area contributed by atoms with Crippen LogP contribution in [0.1, 0.15) is 19.7 Å². The predicted octanol–water partition coefficient (Wildman–Crippen LogP) is 4.36. The zero-order chi connectivity index (χ0) is 18.6. The fourth-order valence-corrected chi connectivity index (χ4v) is 3.38. The van der Waals surface area contributed by atoms with Gasteiger partial charge in [-0.3, -0.25) is 4.57 Å². The van der Waals surface area contributed by atoms with E-state index < -0.39 is 5.60 Å². The van der Waals surface area contributed by atoms with Crippen LogP contribution < -0.4 is 4.74 Å². The van der Waals surface area contributed by atoms with E-state index >= 15 is 0 Å². The number of thioether (sulfide) groups is 1. The molecule has 1 aromatic heterocycles. The van der Waals surface area contributed by atoms with Crippen LogP contribution in [-0.2, 0) is 6.61 Å². The van der Waals surface area contributed by atoms with E-state index in [-0.39, 0.29) is 6.61 Å². The van der Waals surface area contributed by atoms with Crippen LogP contribution >= 0.6 is 23.4 Å². The van der Waals surface area contributed by atoms with Crippen molar-refractivity contribution < 1.29 is 9.84 Å². The van der Waals surface area contributed by atoms with Gasteiger partial charge in [0.2, 0.25) is 0 Å². The highest BCUT2D eigenvalue weighted by atomic mass is 35.5. The average molecular weight is 390 g/mol. The van der Waals surface area contributed by atoms with Gasteiger partial charge in [-0.25, -0.2) is 0 Å². The number of nitrogens with zero attached hydrogens (tertiary/aromatic N) is 3. The summed E-state index contributed by atoms with van der Waals surface area (Å²) in [5.41, 5.74) is 0.139. The summed E-state index contributed by atoms with van der Waals surface area (Å²) in [4.78, 5) is 0. The Labute approximate surface area is 162 Å². The number of benzene rings is 2. The summed E-state index contributed by atoms with van der Waals surface area (Å²) in [5.74, 6) is 1.76. The minimum Gasteiger partial charge on any atom is -0.484 e. The van der Waals surface area contributed by atoms with E-state index in [1.165, 1.54) is 11.8 Å². The quantitative estimate of drug-likeness (QED) is 0.608. The zero-order valence-electron chi connectivity index (χ0n) is 14.6. The third-order valence-corrected chi connectivity index (χ3v) is 5.15. The summed E-state index contributed by atoms with van der Waals surface area (Å²) < 4.78 is 7.77. The number of hydrogen-bond donors (Lipinski definition) is 1. The molecule has 136 valence electrons. The molecule has 1 N–H and O–H groups in total. The second kappa shape index (κ2) is 8.12. The lowest BCUT2D eigenvalue weighted by atomic mass is 10.2. The molecule has 26 heavy (non-hydrogen) atoms. The molecule has 0 saturated carbocycles. The molecule has 0 amide bonds. The Kier molecular flexibility index (Phi) is 5.86. The maximum Gasteiger partial charge on any atom is 0.196 e. The van der Waals surface area contributed by atoms with Crippen molar-refractivity contribution in [1.82, 2.24) is 14.8 Å². The summed E-state index contributed by atoms with van der Waals surface area (Å²) >= 11 is 7.60. The largest absolute Gasteiger partial charge is 0.484 e. The van der Waals surface area contributed by atoms with E-state index in [2.05, 4.69) is 10.2 Å². The number of rotatable bonds is 7. The van der Waals surface area contributed by atoms with E-state index in [0.717, 1.165) is 5.69 Å². The van der Waals surface area contributed by atoms with Crippen molar-refractivity contribution in [3.05, 3.63) is 65.4 Å². The fraction of sp³-hybridized carbons (Fsp3) is 0.263. The van der Waals surface area contributed by atoms with Crippen molar-refractivity contribution >= 4 is 23.4 Å². The Hall–Kier alpha value is -2.02. The van der Waals surface area contributed by atoms with Crippen LogP contribution in [0, 0.1) is 0 Å². The van der Waals surface area contributed by atoms with Gasteiger partial charge in [-0.15, -0.1) is 10.2 Å². The molecule has 3 rings (SSSR count). The highest BCUT2D eigenvalue weighted by Gasteiger charge is 2.19. The molecule has 3 aromatic rings. The van der Waals surface area contributed by atoms with E-state index in [1.54, 1.807) is 19.9 Å². The predicted molar refractivity (Wildman–Crippen MR) is 104 cm³/mol. The molecule has 0 bridgehead atoms. The summed E-state index contributed by atoms with van der Waals surface area (Å²) in [6, 6.07) is 17.2. The van der Waals surface area contributed by atoms with Crippen molar-refractivity contribution in [1.29, 1.82) is 0 Å². The van der Waals surface area contributed by atoms with Gasteiger partial charge in [0.05, 0.1) is 10.6 Å². The molecular weight excluding hydrogens is 370 g/mol. The van der Waals surface area contributed by atoms with Crippen LogP contribution in [0.15, 0.2) is 59.8 Å². The molecule has 0 aliphatic rings. The first-order valence-electron chi connectivity index (χ1n) is 8.16. The number of aromatic nitrogens is 3. The maximum atomic E-state index is 10.0. The molecule has 1 heterocycles. The van der Waals surface area contributed by atoms with Crippen molar-refractivity contribution in [2.75, 3.05) is 5.75 Å². The lowest BCUT2D eigenvalue weighted by Crippen LogP contribution is -2.22. The van der Waals surface area contributed by atoms with E-state index in [4.69, 9.17) is 16.3 Å².